The van der Waals surface area contributed by atoms with Crippen LogP contribution in [-0.4, -0.2) is 64.3 Å². The highest BCUT2D eigenvalue weighted by Gasteiger charge is 2.52. The Morgan fingerprint density at radius 1 is 1.50 bits per heavy atom. The van der Waals surface area contributed by atoms with Gasteiger partial charge in [-0.25, -0.2) is 0 Å². The number of hydrogen-bond donors (Lipinski definition) is 4. The first-order valence-electron chi connectivity index (χ1n) is 5.01. The van der Waals surface area contributed by atoms with Crippen LogP contribution in [0.1, 0.15) is 6.42 Å². The van der Waals surface area contributed by atoms with Gasteiger partial charge in [0.2, 0.25) is 0 Å². The SMILES string of the molecule is C=CCC1(O)O[C@H](CO)[C@@H](O)[C@H](OC)[C@H]1O. The number of rotatable bonds is 4. The summed E-state index contributed by atoms with van der Waals surface area (Å²) in [6, 6.07) is 0. The van der Waals surface area contributed by atoms with Crippen molar-refractivity contribution in [2.75, 3.05) is 13.7 Å². The smallest absolute Gasteiger partial charge is 0.198 e. The first kappa shape index (κ1) is 13.6. The number of ether oxygens (including phenoxy) is 2. The van der Waals surface area contributed by atoms with Crippen LogP contribution in [0.3, 0.4) is 0 Å². The molecule has 0 radical (unpaired) electrons. The predicted molar refractivity (Wildman–Crippen MR) is 54.5 cm³/mol. The summed E-state index contributed by atoms with van der Waals surface area (Å²) < 4.78 is 9.98. The fourth-order valence-corrected chi connectivity index (χ4v) is 1.85. The first-order chi connectivity index (χ1) is 7.50. The van der Waals surface area contributed by atoms with E-state index < -0.39 is 36.8 Å². The van der Waals surface area contributed by atoms with Gasteiger partial charge in [0.1, 0.15) is 24.4 Å². The maximum atomic E-state index is 10.0. The van der Waals surface area contributed by atoms with Crippen molar-refractivity contribution in [3.63, 3.8) is 0 Å². The summed E-state index contributed by atoms with van der Waals surface area (Å²) >= 11 is 0. The highest BCUT2D eigenvalue weighted by atomic mass is 16.7. The van der Waals surface area contributed by atoms with Gasteiger partial charge in [0.05, 0.1) is 6.61 Å². The molecule has 1 aliphatic rings. The lowest BCUT2D eigenvalue weighted by molar-refractivity contribution is -0.350. The second kappa shape index (κ2) is 5.22. The molecule has 1 aliphatic heterocycles. The fraction of sp³-hybridized carbons (Fsp3) is 0.800. The third kappa shape index (κ3) is 2.27. The van der Waals surface area contributed by atoms with Gasteiger partial charge >= 0.3 is 0 Å². The molecule has 6 heteroatoms. The van der Waals surface area contributed by atoms with E-state index in [1.54, 1.807) is 0 Å². The van der Waals surface area contributed by atoms with Crippen molar-refractivity contribution in [1.29, 1.82) is 0 Å². The van der Waals surface area contributed by atoms with E-state index in [9.17, 15) is 15.3 Å². The third-order valence-electron chi connectivity index (χ3n) is 2.74. The van der Waals surface area contributed by atoms with E-state index in [-0.39, 0.29) is 6.42 Å². The number of aliphatic hydroxyl groups excluding tert-OH is 3. The van der Waals surface area contributed by atoms with E-state index >= 15 is 0 Å². The van der Waals surface area contributed by atoms with E-state index in [0.717, 1.165) is 0 Å². The van der Waals surface area contributed by atoms with E-state index in [1.165, 1.54) is 13.2 Å². The second-order valence-corrected chi connectivity index (χ2v) is 3.81. The molecule has 1 fully saturated rings. The van der Waals surface area contributed by atoms with Crippen LogP contribution in [-0.2, 0) is 9.47 Å². The van der Waals surface area contributed by atoms with Crippen LogP contribution in [0.5, 0.6) is 0 Å². The Balaban J connectivity index is 2.92. The van der Waals surface area contributed by atoms with Gasteiger partial charge in [-0.3, -0.25) is 0 Å². The van der Waals surface area contributed by atoms with Crippen LogP contribution in [0.2, 0.25) is 0 Å². The summed E-state index contributed by atoms with van der Waals surface area (Å²) in [4.78, 5) is 0. The lowest BCUT2D eigenvalue weighted by Crippen LogP contribution is -2.65. The zero-order valence-electron chi connectivity index (χ0n) is 9.11. The second-order valence-electron chi connectivity index (χ2n) is 3.81. The number of aliphatic hydroxyl groups is 4. The highest BCUT2D eigenvalue weighted by Crippen LogP contribution is 2.32. The van der Waals surface area contributed by atoms with Crippen molar-refractivity contribution in [2.24, 2.45) is 0 Å². The van der Waals surface area contributed by atoms with Crippen molar-refractivity contribution >= 4 is 0 Å². The van der Waals surface area contributed by atoms with Gasteiger partial charge in [-0.05, 0) is 0 Å². The fourth-order valence-electron chi connectivity index (χ4n) is 1.85. The highest BCUT2D eigenvalue weighted by molar-refractivity contribution is 4.99. The van der Waals surface area contributed by atoms with Crippen LogP contribution < -0.4 is 0 Å². The van der Waals surface area contributed by atoms with Gasteiger partial charge in [0.25, 0.3) is 0 Å². The van der Waals surface area contributed by atoms with Gasteiger partial charge in [0.15, 0.2) is 5.79 Å². The lowest BCUT2D eigenvalue weighted by atomic mass is 9.90. The average molecular weight is 234 g/mol. The van der Waals surface area contributed by atoms with Gasteiger partial charge in [-0.2, -0.15) is 0 Å². The molecule has 4 N–H and O–H groups in total. The molecular formula is C10H18O6. The molecule has 5 atom stereocenters. The molecular weight excluding hydrogens is 216 g/mol. The zero-order valence-corrected chi connectivity index (χ0v) is 9.11. The molecule has 0 aromatic heterocycles. The van der Waals surface area contributed by atoms with Crippen LogP contribution >= 0.6 is 0 Å². The minimum Gasteiger partial charge on any atom is -0.394 e. The topological polar surface area (TPSA) is 99.4 Å². The number of methoxy groups -OCH3 is 1. The third-order valence-corrected chi connectivity index (χ3v) is 2.74. The molecule has 16 heavy (non-hydrogen) atoms. The van der Waals surface area contributed by atoms with Gasteiger partial charge < -0.3 is 29.9 Å². The normalized spacial score (nSPS) is 44.3. The van der Waals surface area contributed by atoms with Crippen molar-refractivity contribution in [1.82, 2.24) is 0 Å². The van der Waals surface area contributed by atoms with E-state index in [1.807, 2.05) is 0 Å². The molecule has 0 saturated carbocycles. The Hall–Kier alpha value is -0.500. The van der Waals surface area contributed by atoms with Gasteiger partial charge in [-0.1, -0.05) is 6.08 Å². The van der Waals surface area contributed by atoms with Gasteiger partial charge in [-0.15, -0.1) is 6.58 Å². The minimum absolute atomic E-state index is 0.0305. The molecule has 0 aromatic carbocycles. The van der Waals surface area contributed by atoms with E-state index in [4.69, 9.17) is 14.6 Å². The maximum absolute atomic E-state index is 10.0. The Labute approximate surface area is 93.7 Å². The predicted octanol–water partition coefficient (Wildman–Crippen LogP) is -1.62. The largest absolute Gasteiger partial charge is 0.394 e. The molecule has 1 unspecified atom stereocenters. The number of hydrogen-bond acceptors (Lipinski definition) is 6. The first-order valence-corrected chi connectivity index (χ1v) is 5.01. The quantitative estimate of drug-likeness (QED) is 0.436. The minimum atomic E-state index is -1.89. The Bertz CT molecular complexity index is 245. The molecule has 1 rings (SSSR count). The summed E-state index contributed by atoms with van der Waals surface area (Å²) in [5, 5.41) is 38.5. The Kier molecular flexibility index (Phi) is 4.43. The molecule has 0 amide bonds. The maximum Gasteiger partial charge on any atom is 0.198 e. The Morgan fingerprint density at radius 2 is 2.12 bits per heavy atom. The molecule has 1 heterocycles. The molecule has 0 aromatic rings. The van der Waals surface area contributed by atoms with Crippen molar-refractivity contribution < 1.29 is 29.9 Å². The molecule has 0 spiro atoms. The van der Waals surface area contributed by atoms with Crippen molar-refractivity contribution in [2.45, 2.75) is 36.6 Å². The average Bonchev–Trinajstić information content (AvgIpc) is 2.25. The lowest BCUT2D eigenvalue weighted by Gasteiger charge is -2.46. The van der Waals surface area contributed by atoms with Crippen LogP contribution in [0.15, 0.2) is 12.7 Å². The van der Waals surface area contributed by atoms with Gasteiger partial charge in [0, 0.05) is 13.5 Å². The van der Waals surface area contributed by atoms with Crippen molar-refractivity contribution in [3.8, 4) is 0 Å². The molecule has 94 valence electrons. The molecule has 1 saturated heterocycles. The molecule has 6 nitrogen and oxygen atoms in total. The van der Waals surface area contributed by atoms with Crippen molar-refractivity contribution in [3.05, 3.63) is 12.7 Å². The van der Waals surface area contributed by atoms with Crippen LogP contribution in [0.4, 0.5) is 0 Å². The zero-order chi connectivity index (χ0) is 12.3. The standard InChI is InChI=1S/C10H18O6/c1-3-4-10(14)9(13)8(15-2)7(12)6(5-11)16-10/h3,6-9,11-14H,1,4-5H2,2H3/t6-,7-,8+,9-,10?/m1/s1. The summed E-state index contributed by atoms with van der Waals surface area (Å²) in [6.45, 7) is 2.96. The summed E-state index contributed by atoms with van der Waals surface area (Å²) in [5.74, 6) is -1.89. The summed E-state index contributed by atoms with van der Waals surface area (Å²) in [6.07, 6.45) is -3.28. The van der Waals surface area contributed by atoms with Crippen LogP contribution in [0, 0.1) is 0 Å². The Morgan fingerprint density at radius 3 is 2.56 bits per heavy atom. The summed E-state index contributed by atoms with van der Waals surface area (Å²) in [5.41, 5.74) is 0. The summed E-state index contributed by atoms with van der Waals surface area (Å²) in [7, 11) is 1.30. The monoisotopic (exact) mass is 234 g/mol. The van der Waals surface area contributed by atoms with Crippen LogP contribution in [0.25, 0.3) is 0 Å². The molecule has 0 bridgehead atoms. The van der Waals surface area contributed by atoms with E-state index in [2.05, 4.69) is 6.58 Å². The van der Waals surface area contributed by atoms with E-state index in [0.29, 0.717) is 0 Å². The molecule has 0 aliphatic carbocycles.